The number of anilines is 1. The number of nitrogen functional groups attached to an aromatic ring is 1. The fourth-order valence-corrected chi connectivity index (χ4v) is 1.81. The van der Waals surface area contributed by atoms with E-state index in [1.807, 2.05) is 30.3 Å². The minimum Gasteiger partial charge on any atom is -0.496 e. The van der Waals surface area contributed by atoms with E-state index in [-0.39, 0.29) is 5.91 Å². The van der Waals surface area contributed by atoms with Crippen LogP contribution in [0.25, 0.3) is 0 Å². The van der Waals surface area contributed by atoms with Crippen LogP contribution >= 0.6 is 0 Å². The van der Waals surface area contributed by atoms with Gasteiger partial charge in [-0.2, -0.15) is 0 Å². The van der Waals surface area contributed by atoms with E-state index >= 15 is 0 Å². The second-order valence-electron chi connectivity index (χ2n) is 4.13. The summed E-state index contributed by atoms with van der Waals surface area (Å²) in [6, 6.07) is 14.5. The summed E-state index contributed by atoms with van der Waals surface area (Å²) in [5, 5.41) is 2.84. The van der Waals surface area contributed by atoms with E-state index in [4.69, 9.17) is 10.5 Å². The van der Waals surface area contributed by atoms with Crippen LogP contribution < -0.4 is 15.8 Å². The number of para-hydroxylation sites is 1. The van der Waals surface area contributed by atoms with E-state index < -0.39 is 0 Å². The fraction of sp³-hybridized carbons (Fsp3) is 0.133. The number of nitrogens with one attached hydrogen (secondary N) is 1. The third-order valence-electron chi connectivity index (χ3n) is 2.76. The molecule has 2 aromatic rings. The Bertz CT molecular complexity index is 582. The lowest BCUT2D eigenvalue weighted by atomic mass is 10.1. The predicted octanol–water partition coefficient (Wildman–Crippen LogP) is 2.21. The molecule has 0 saturated heterocycles. The second-order valence-corrected chi connectivity index (χ2v) is 4.13. The average Bonchev–Trinajstić information content (AvgIpc) is 2.45. The molecule has 3 N–H and O–H groups in total. The van der Waals surface area contributed by atoms with Gasteiger partial charge in [-0.15, -0.1) is 0 Å². The van der Waals surface area contributed by atoms with Crippen molar-refractivity contribution < 1.29 is 9.53 Å². The van der Waals surface area contributed by atoms with Gasteiger partial charge >= 0.3 is 0 Å². The van der Waals surface area contributed by atoms with Gasteiger partial charge < -0.3 is 15.8 Å². The largest absolute Gasteiger partial charge is 0.496 e. The number of hydrogen-bond donors (Lipinski definition) is 2. The van der Waals surface area contributed by atoms with E-state index in [2.05, 4.69) is 5.32 Å². The molecule has 0 aliphatic rings. The summed E-state index contributed by atoms with van der Waals surface area (Å²) in [6.45, 7) is 0.432. The molecule has 0 heterocycles. The average molecular weight is 256 g/mol. The molecular formula is C15H16N2O2. The van der Waals surface area contributed by atoms with Crippen LogP contribution in [0.3, 0.4) is 0 Å². The summed E-state index contributed by atoms with van der Waals surface area (Å²) in [5.41, 5.74) is 7.86. The normalized spacial score (nSPS) is 9.95. The van der Waals surface area contributed by atoms with Gasteiger partial charge in [-0.25, -0.2) is 0 Å². The van der Waals surface area contributed by atoms with Gasteiger partial charge in [0.05, 0.1) is 12.7 Å². The summed E-state index contributed by atoms with van der Waals surface area (Å²) >= 11 is 0. The quantitative estimate of drug-likeness (QED) is 0.824. The molecule has 0 atom stereocenters. The molecule has 0 aromatic heterocycles. The van der Waals surface area contributed by atoms with Gasteiger partial charge in [0.15, 0.2) is 0 Å². The maximum atomic E-state index is 12.1. The first kappa shape index (κ1) is 13.0. The number of rotatable bonds is 4. The van der Waals surface area contributed by atoms with Gasteiger partial charge in [-0.1, -0.05) is 24.3 Å². The van der Waals surface area contributed by atoms with Crippen molar-refractivity contribution in [3.05, 3.63) is 59.7 Å². The van der Waals surface area contributed by atoms with E-state index in [0.29, 0.717) is 23.5 Å². The highest BCUT2D eigenvalue weighted by molar-refractivity contribution is 5.96. The van der Waals surface area contributed by atoms with Crippen molar-refractivity contribution in [3.63, 3.8) is 0 Å². The molecule has 0 aliphatic carbocycles. The van der Waals surface area contributed by atoms with Crippen molar-refractivity contribution in [1.82, 2.24) is 5.32 Å². The van der Waals surface area contributed by atoms with Gasteiger partial charge in [-0.05, 0) is 29.8 Å². The topological polar surface area (TPSA) is 64.3 Å². The number of amides is 1. The molecule has 0 spiro atoms. The van der Waals surface area contributed by atoms with Gasteiger partial charge in [-0.3, -0.25) is 4.79 Å². The lowest BCUT2D eigenvalue weighted by molar-refractivity contribution is 0.0948. The maximum absolute atomic E-state index is 12.1. The molecule has 0 aliphatic heterocycles. The number of ether oxygens (including phenoxy) is 1. The minimum atomic E-state index is -0.167. The Labute approximate surface area is 112 Å². The fourth-order valence-electron chi connectivity index (χ4n) is 1.81. The molecule has 1 amide bonds. The molecule has 4 nitrogen and oxygen atoms in total. The number of carbonyl (C=O) groups is 1. The molecule has 4 heteroatoms. The number of nitrogens with two attached hydrogens (primary N) is 1. The Morgan fingerprint density at radius 1 is 1.21 bits per heavy atom. The van der Waals surface area contributed by atoms with Gasteiger partial charge in [0.25, 0.3) is 5.91 Å². The molecule has 0 bridgehead atoms. The zero-order chi connectivity index (χ0) is 13.7. The third kappa shape index (κ3) is 3.25. The molecule has 0 unspecified atom stereocenters. The highest BCUT2D eigenvalue weighted by Crippen LogP contribution is 2.17. The summed E-state index contributed by atoms with van der Waals surface area (Å²) in [4.78, 5) is 12.1. The monoisotopic (exact) mass is 256 g/mol. The first-order valence-electron chi connectivity index (χ1n) is 5.96. The van der Waals surface area contributed by atoms with Gasteiger partial charge in [0.2, 0.25) is 0 Å². The zero-order valence-corrected chi connectivity index (χ0v) is 10.7. The highest BCUT2D eigenvalue weighted by Gasteiger charge is 2.10. The Kier molecular flexibility index (Phi) is 4.03. The van der Waals surface area contributed by atoms with Crippen molar-refractivity contribution in [2.75, 3.05) is 12.8 Å². The first-order valence-corrected chi connectivity index (χ1v) is 5.96. The molecule has 2 rings (SSSR count). The first-order chi connectivity index (χ1) is 9.20. The standard InChI is InChI=1S/C15H16N2O2/c1-19-14-8-3-2-7-13(14)15(18)17-10-11-5-4-6-12(16)9-11/h2-9H,10,16H2,1H3,(H,17,18). The Morgan fingerprint density at radius 2 is 2.00 bits per heavy atom. The zero-order valence-electron chi connectivity index (χ0n) is 10.7. The maximum Gasteiger partial charge on any atom is 0.255 e. The van der Waals surface area contributed by atoms with Crippen molar-refractivity contribution in [1.29, 1.82) is 0 Å². The van der Waals surface area contributed by atoms with Gasteiger partial charge in [0.1, 0.15) is 5.75 Å². The van der Waals surface area contributed by atoms with Crippen molar-refractivity contribution >= 4 is 11.6 Å². The molecule has 19 heavy (non-hydrogen) atoms. The van der Waals surface area contributed by atoms with Crippen LogP contribution in [0.1, 0.15) is 15.9 Å². The van der Waals surface area contributed by atoms with E-state index in [9.17, 15) is 4.79 Å². The highest BCUT2D eigenvalue weighted by atomic mass is 16.5. The van der Waals surface area contributed by atoms with Crippen LogP contribution in [0.4, 0.5) is 5.69 Å². The van der Waals surface area contributed by atoms with Crippen LogP contribution in [-0.4, -0.2) is 13.0 Å². The SMILES string of the molecule is COc1ccccc1C(=O)NCc1cccc(N)c1. The van der Waals surface area contributed by atoms with E-state index in [1.54, 1.807) is 25.3 Å². The lowest BCUT2D eigenvalue weighted by Gasteiger charge is -2.09. The smallest absolute Gasteiger partial charge is 0.255 e. The van der Waals surface area contributed by atoms with Crippen LogP contribution in [0.5, 0.6) is 5.75 Å². The molecule has 0 saturated carbocycles. The van der Waals surface area contributed by atoms with Crippen molar-refractivity contribution in [2.24, 2.45) is 0 Å². The van der Waals surface area contributed by atoms with Crippen molar-refractivity contribution in [3.8, 4) is 5.75 Å². The van der Waals surface area contributed by atoms with Crippen molar-refractivity contribution in [2.45, 2.75) is 6.54 Å². The Morgan fingerprint density at radius 3 is 2.74 bits per heavy atom. The van der Waals surface area contributed by atoms with Gasteiger partial charge in [0, 0.05) is 12.2 Å². The predicted molar refractivity (Wildman–Crippen MR) is 75.0 cm³/mol. The van der Waals surface area contributed by atoms with Crippen LogP contribution in [-0.2, 0) is 6.54 Å². The number of hydrogen-bond acceptors (Lipinski definition) is 3. The molecular weight excluding hydrogens is 240 g/mol. The lowest BCUT2D eigenvalue weighted by Crippen LogP contribution is -2.23. The number of benzene rings is 2. The van der Waals surface area contributed by atoms with Crippen LogP contribution in [0.2, 0.25) is 0 Å². The van der Waals surface area contributed by atoms with Crippen LogP contribution in [0, 0.1) is 0 Å². The summed E-state index contributed by atoms with van der Waals surface area (Å²) in [6.07, 6.45) is 0. The summed E-state index contributed by atoms with van der Waals surface area (Å²) in [7, 11) is 1.55. The van der Waals surface area contributed by atoms with Crippen LogP contribution in [0.15, 0.2) is 48.5 Å². The molecule has 98 valence electrons. The second kappa shape index (κ2) is 5.91. The molecule has 0 radical (unpaired) electrons. The van der Waals surface area contributed by atoms with E-state index in [1.165, 1.54) is 0 Å². The Hall–Kier alpha value is -2.49. The number of carbonyl (C=O) groups excluding carboxylic acids is 1. The molecule has 2 aromatic carbocycles. The summed E-state index contributed by atoms with van der Waals surface area (Å²) in [5.74, 6) is 0.396. The minimum absolute atomic E-state index is 0.167. The van der Waals surface area contributed by atoms with E-state index in [0.717, 1.165) is 5.56 Å². The third-order valence-corrected chi connectivity index (χ3v) is 2.76. The Balaban J connectivity index is 2.05. The molecule has 0 fully saturated rings. The number of methoxy groups -OCH3 is 1. The summed E-state index contributed by atoms with van der Waals surface area (Å²) < 4.78 is 5.16.